The minimum Gasteiger partial charge on any atom is -0.479 e. The van der Waals surface area contributed by atoms with Crippen LogP contribution in [0.2, 0.25) is 5.02 Å². The van der Waals surface area contributed by atoms with Crippen LogP contribution in [0.3, 0.4) is 0 Å². The first-order valence-electron chi connectivity index (χ1n) is 7.21. The molecule has 7 heteroatoms. The first kappa shape index (κ1) is 17.0. The van der Waals surface area contributed by atoms with Gasteiger partial charge in [-0.15, -0.1) is 0 Å². The maximum absolute atomic E-state index is 13.0. The number of nitrogens with zero attached hydrogens (tertiary/aromatic N) is 1. The van der Waals surface area contributed by atoms with Gasteiger partial charge >= 0.3 is 0 Å². The molecule has 1 N–H and O–H groups in total. The van der Waals surface area contributed by atoms with Crippen molar-refractivity contribution in [3.05, 3.63) is 29.0 Å². The second-order valence-electron chi connectivity index (χ2n) is 5.42. The van der Waals surface area contributed by atoms with Gasteiger partial charge in [0.25, 0.3) is 5.91 Å². The Kier molecular flexibility index (Phi) is 5.99. The summed E-state index contributed by atoms with van der Waals surface area (Å²) in [5.74, 6) is -0.607. The number of hydrogen-bond acceptors (Lipinski definition) is 4. The highest BCUT2D eigenvalue weighted by molar-refractivity contribution is 6.32. The van der Waals surface area contributed by atoms with Crippen molar-refractivity contribution in [3.63, 3.8) is 0 Å². The van der Waals surface area contributed by atoms with Crippen molar-refractivity contribution >= 4 is 17.5 Å². The fourth-order valence-corrected chi connectivity index (χ4v) is 2.35. The molecule has 122 valence electrons. The summed E-state index contributed by atoms with van der Waals surface area (Å²) in [7, 11) is 2.05. The molecule has 5 nitrogen and oxygen atoms in total. The molecule has 0 aromatic heterocycles. The van der Waals surface area contributed by atoms with Crippen molar-refractivity contribution < 1.29 is 18.8 Å². The van der Waals surface area contributed by atoms with Gasteiger partial charge in [0.1, 0.15) is 11.6 Å². The molecule has 22 heavy (non-hydrogen) atoms. The minimum absolute atomic E-state index is 0.0155. The van der Waals surface area contributed by atoms with Crippen LogP contribution in [0.1, 0.15) is 19.8 Å². The lowest BCUT2D eigenvalue weighted by Gasteiger charge is -2.28. The van der Waals surface area contributed by atoms with E-state index in [1.807, 2.05) is 0 Å². The van der Waals surface area contributed by atoms with Crippen LogP contribution in [0.4, 0.5) is 4.39 Å². The number of amides is 1. The Morgan fingerprint density at radius 2 is 2.14 bits per heavy atom. The summed E-state index contributed by atoms with van der Waals surface area (Å²) >= 11 is 5.86. The molecule has 1 aliphatic rings. The van der Waals surface area contributed by atoms with Gasteiger partial charge in [0, 0.05) is 13.1 Å². The molecule has 1 fully saturated rings. The zero-order valence-corrected chi connectivity index (χ0v) is 13.4. The second-order valence-corrected chi connectivity index (χ2v) is 5.83. The van der Waals surface area contributed by atoms with Crippen LogP contribution in [0.25, 0.3) is 0 Å². The van der Waals surface area contributed by atoms with E-state index in [4.69, 9.17) is 21.2 Å². The lowest BCUT2D eigenvalue weighted by molar-refractivity contribution is -0.147. The summed E-state index contributed by atoms with van der Waals surface area (Å²) in [6.07, 6.45) is 0.960. The van der Waals surface area contributed by atoms with E-state index < -0.39 is 17.8 Å². The number of hydrogen-bond donors (Lipinski definition) is 1. The molecule has 1 saturated heterocycles. The molecule has 0 spiro atoms. The summed E-state index contributed by atoms with van der Waals surface area (Å²) < 4.78 is 18.4. The minimum atomic E-state index is -0.797. The average Bonchev–Trinajstić information content (AvgIpc) is 2.49. The van der Waals surface area contributed by atoms with E-state index in [-0.39, 0.29) is 16.9 Å². The fraction of sp³-hybridized carbons (Fsp3) is 0.533. The standard InChI is InChI=1S/C15H20ClFN2O3/c1-10(21-14-4-3-11(17)9-13(14)16)15(20)18-22-12-5-7-19(2)8-6-12/h3-4,9-10,12H,5-8H2,1-2H3,(H,18,20)/t10-/m0/s1. The number of carbonyl (C=O) groups is 1. The maximum Gasteiger partial charge on any atom is 0.284 e. The molecule has 0 radical (unpaired) electrons. The van der Waals surface area contributed by atoms with Gasteiger partial charge in [-0.3, -0.25) is 9.63 Å². The Morgan fingerprint density at radius 3 is 2.77 bits per heavy atom. The largest absolute Gasteiger partial charge is 0.479 e. The fourth-order valence-electron chi connectivity index (χ4n) is 2.14. The molecule has 0 bridgehead atoms. The van der Waals surface area contributed by atoms with Gasteiger partial charge in [0.15, 0.2) is 6.10 Å². The molecule has 1 aromatic rings. The molecule has 1 aliphatic heterocycles. The molecule has 1 atom stereocenters. The number of benzene rings is 1. The van der Waals surface area contributed by atoms with Crippen molar-refractivity contribution in [2.24, 2.45) is 0 Å². The van der Waals surface area contributed by atoms with Gasteiger partial charge in [0.05, 0.1) is 11.1 Å². The highest BCUT2D eigenvalue weighted by atomic mass is 35.5. The molecule has 0 aliphatic carbocycles. The lowest BCUT2D eigenvalue weighted by atomic mass is 10.1. The lowest BCUT2D eigenvalue weighted by Crippen LogP contribution is -2.42. The Hall–Kier alpha value is -1.37. The number of ether oxygens (including phenoxy) is 1. The summed E-state index contributed by atoms with van der Waals surface area (Å²) in [5, 5.41) is 0.121. The Bertz CT molecular complexity index is 522. The molecule has 1 heterocycles. The van der Waals surface area contributed by atoms with E-state index >= 15 is 0 Å². The first-order valence-corrected chi connectivity index (χ1v) is 7.59. The zero-order chi connectivity index (χ0) is 16.1. The average molecular weight is 331 g/mol. The van der Waals surface area contributed by atoms with Gasteiger partial charge in [-0.25, -0.2) is 9.87 Å². The van der Waals surface area contributed by atoms with Gasteiger partial charge < -0.3 is 9.64 Å². The number of likely N-dealkylation sites (tertiary alicyclic amines) is 1. The summed E-state index contributed by atoms with van der Waals surface area (Å²) in [5.41, 5.74) is 2.42. The molecule has 0 saturated carbocycles. The van der Waals surface area contributed by atoms with Crippen LogP contribution in [0, 0.1) is 5.82 Å². The number of nitrogens with one attached hydrogen (secondary N) is 1. The number of piperidine rings is 1. The van der Waals surface area contributed by atoms with E-state index in [2.05, 4.69) is 17.4 Å². The zero-order valence-electron chi connectivity index (χ0n) is 12.6. The van der Waals surface area contributed by atoms with Gasteiger partial charge in [-0.05, 0) is 45.0 Å². The van der Waals surface area contributed by atoms with Gasteiger partial charge in [-0.2, -0.15) is 0 Å². The third-order valence-corrected chi connectivity index (χ3v) is 3.85. The quantitative estimate of drug-likeness (QED) is 0.842. The number of hydroxylamine groups is 1. The number of carbonyl (C=O) groups excluding carboxylic acids is 1. The highest BCUT2D eigenvalue weighted by Crippen LogP contribution is 2.25. The van der Waals surface area contributed by atoms with Crippen LogP contribution in [-0.4, -0.2) is 43.2 Å². The van der Waals surface area contributed by atoms with Crippen molar-refractivity contribution in [1.29, 1.82) is 0 Å². The SMILES string of the molecule is C[C@H](Oc1ccc(F)cc1Cl)C(=O)NOC1CCN(C)CC1. The molecule has 2 rings (SSSR count). The second kappa shape index (κ2) is 7.76. The van der Waals surface area contributed by atoms with E-state index in [0.717, 1.165) is 32.0 Å². The van der Waals surface area contributed by atoms with Crippen LogP contribution < -0.4 is 10.2 Å². The normalized spacial score (nSPS) is 18.0. The van der Waals surface area contributed by atoms with Gasteiger partial charge in [-0.1, -0.05) is 11.6 Å². The summed E-state index contributed by atoms with van der Waals surface area (Å²) in [6.45, 7) is 3.46. The predicted octanol–water partition coefficient (Wildman–Crippen LogP) is 2.39. The van der Waals surface area contributed by atoms with Crippen LogP contribution >= 0.6 is 11.6 Å². The number of halogens is 2. The third-order valence-electron chi connectivity index (χ3n) is 3.56. The van der Waals surface area contributed by atoms with E-state index in [1.54, 1.807) is 6.92 Å². The molecule has 1 amide bonds. The van der Waals surface area contributed by atoms with E-state index in [0.29, 0.717) is 0 Å². The number of rotatable bonds is 5. The van der Waals surface area contributed by atoms with Crippen molar-refractivity contribution in [1.82, 2.24) is 10.4 Å². The summed E-state index contributed by atoms with van der Waals surface area (Å²) in [6, 6.07) is 3.75. The van der Waals surface area contributed by atoms with Crippen molar-refractivity contribution in [2.45, 2.75) is 32.0 Å². The predicted molar refractivity (Wildman–Crippen MR) is 81.2 cm³/mol. The molecular weight excluding hydrogens is 311 g/mol. The van der Waals surface area contributed by atoms with E-state index in [1.165, 1.54) is 12.1 Å². The summed E-state index contributed by atoms with van der Waals surface area (Å²) in [4.78, 5) is 19.6. The topological polar surface area (TPSA) is 50.8 Å². The Balaban J connectivity index is 1.79. The van der Waals surface area contributed by atoms with Crippen LogP contribution in [0.15, 0.2) is 18.2 Å². The maximum atomic E-state index is 13.0. The highest BCUT2D eigenvalue weighted by Gasteiger charge is 2.21. The monoisotopic (exact) mass is 330 g/mol. The van der Waals surface area contributed by atoms with Crippen LogP contribution in [-0.2, 0) is 9.63 Å². The van der Waals surface area contributed by atoms with Gasteiger partial charge in [0.2, 0.25) is 0 Å². The Morgan fingerprint density at radius 1 is 1.45 bits per heavy atom. The molecule has 0 unspecified atom stereocenters. The van der Waals surface area contributed by atoms with Crippen molar-refractivity contribution in [3.8, 4) is 5.75 Å². The smallest absolute Gasteiger partial charge is 0.284 e. The van der Waals surface area contributed by atoms with Crippen molar-refractivity contribution in [2.75, 3.05) is 20.1 Å². The third kappa shape index (κ3) is 4.83. The van der Waals surface area contributed by atoms with E-state index in [9.17, 15) is 9.18 Å². The molecular formula is C15H20ClFN2O3. The van der Waals surface area contributed by atoms with Crippen LogP contribution in [0.5, 0.6) is 5.75 Å². The molecule has 1 aromatic carbocycles. The first-order chi connectivity index (χ1) is 10.5. The Labute approximate surface area is 134 Å².